The van der Waals surface area contributed by atoms with E-state index in [4.69, 9.17) is 14.5 Å². The summed E-state index contributed by atoms with van der Waals surface area (Å²) in [7, 11) is 3.24. The number of amidine groups is 1. The third-order valence-corrected chi connectivity index (χ3v) is 6.47. The maximum absolute atomic E-state index is 13.4. The van der Waals surface area contributed by atoms with Crippen LogP contribution in [0.15, 0.2) is 58.4 Å². The first-order valence-electron chi connectivity index (χ1n) is 10.3. The Morgan fingerprint density at radius 2 is 1.80 bits per heavy atom. The smallest absolute Gasteiger partial charge is 0.267 e. The van der Waals surface area contributed by atoms with Gasteiger partial charge in [0.25, 0.3) is 5.91 Å². The standard InChI is InChI=1S/C24H26N2O3S/c1-28-20-14-13-17(21(16-20)29-2)15-22-23(27)26(19-11-7-4-8-12-19)24(30-22)25-18-9-5-3-6-10-18/h3,5-6,9-10,13-16,19H,4,7-8,11-12H2,1-2H3/b22-15-,25-24?. The molecule has 1 aliphatic heterocycles. The molecule has 2 fully saturated rings. The van der Waals surface area contributed by atoms with Crippen molar-refractivity contribution < 1.29 is 14.3 Å². The van der Waals surface area contributed by atoms with Gasteiger partial charge in [0.1, 0.15) is 11.5 Å². The van der Waals surface area contributed by atoms with Crippen LogP contribution >= 0.6 is 11.8 Å². The van der Waals surface area contributed by atoms with Crippen molar-refractivity contribution in [3.63, 3.8) is 0 Å². The van der Waals surface area contributed by atoms with Crippen LogP contribution < -0.4 is 9.47 Å². The van der Waals surface area contributed by atoms with E-state index in [0.29, 0.717) is 10.7 Å². The number of rotatable bonds is 5. The van der Waals surface area contributed by atoms with Crippen LogP contribution in [0.2, 0.25) is 0 Å². The van der Waals surface area contributed by atoms with E-state index in [1.807, 2.05) is 59.5 Å². The third-order valence-electron chi connectivity index (χ3n) is 5.48. The molecule has 2 aromatic carbocycles. The second-order valence-corrected chi connectivity index (χ2v) is 8.42. The van der Waals surface area contributed by atoms with Gasteiger partial charge >= 0.3 is 0 Å². The van der Waals surface area contributed by atoms with E-state index in [0.717, 1.165) is 47.9 Å². The molecular weight excluding hydrogens is 396 g/mol. The molecule has 6 heteroatoms. The Balaban J connectivity index is 1.71. The van der Waals surface area contributed by atoms with Crippen LogP contribution in [0.1, 0.15) is 37.7 Å². The number of aliphatic imine (C=N–C) groups is 1. The zero-order chi connectivity index (χ0) is 20.9. The van der Waals surface area contributed by atoms with Crippen molar-refractivity contribution in [3.8, 4) is 11.5 Å². The molecule has 1 aliphatic carbocycles. The number of amides is 1. The summed E-state index contributed by atoms with van der Waals surface area (Å²) >= 11 is 1.44. The number of hydrogen-bond acceptors (Lipinski definition) is 5. The zero-order valence-corrected chi connectivity index (χ0v) is 18.2. The molecule has 0 unspecified atom stereocenters. The molecule has 0 aromatic heterocycles. The number of benzene rings is 2. The lowest BCUT2D eigenvalue weighted by molar-refractivity contribution is -0.124. The first-order chi connectivity index (χ1) is 14.7. The summed E-state index contributed by atoms with van der Waals surface area (Å²) in [5.41, 5.74) is 1.70. The van der Waals surface area contributed by atoms with Gasteiger partial charge < -0.3 is 9.47 Å². The number of nitrogens with zero attached hydrogens (tertiary/aromatic N) is 2. The van der Waals surface area contributed by atoms with Crippen molar-refractivity contribution in [3.05, 3.63) is 59.0 Å². The lowest BCUT2D eigenvalue weighted by atomic mass is 9.94. The van der Waals surface area contributed by atoms with E-state index in [1.165, 1.54) is 18.2 Å². The largest absolute Gasteiger partial charge is 0.497 e. The minimum atomic E-state index is 0.0273. The molecular formula is C24H26N2O3S. The van der Waals surface area contributed by atoms with Gasteiger partial charge in [0.05, 0.1) is 24.8 Å². The average Bonchev–Trinajstić information content (AvgIpc) is 3.09. The normalized spacial score (nSPS) is 20.2. The number of hydrogen-bond donors (Lipinski definition) is 0. The van der Waals surface area contributed by atoms with Crippen LogP contribution in [0.5, 0.6) is 11.5 Å². The lowest BCUT2D eigenvalue weighted by Crippen LogP contribution is -2.40. The molecule has 0 radical (unpaired) electrons. The molecule has 1 saturated carbocycles. The summed E-state index contributed by atoms with van der Waals surface area (Å²) in [6, 6.07) is 15.6. The quantitative estimate of drug-likeness (QED) is 0.585. The highest BCUT2D eigenvalue weighted by Crippen LogP contribution is 2.39. The van der Waals surface area contributed by atoms with Gasteiger partial charge in [0.2, 0.25) is 0 Å². The minimum Gasteiger partial charge on any atom is -0.497 e. The fraction of sp³-hybridized carbons (Fsp3) is 0.333. The van der Waals surface area contributed by atoms with E-state index in [-0.39, 0.29) is 11.9 Å². The van der Waals surface area contributed by atoms with Gasteiger partial charge in [-0.2, -0.15) is 0 Å². The molecule has 0 spiro atoms. The van der Waals surface area contributed by atoms with Crippen LogP contribution in [0.4, 0.5) is 5.69 Å². The van der Waals surface area contributed by atoms with Crippen molar-refractivity contribution in [2.75, 3.05) is 14.2 Å². The highest BCUT2D eigenvalue weighted by Gasteiger charge is 2.38. The second-order valence-electron chi connectivity index (χ2n) is 7.42. The number of ether oxygens (including phenoxy) is 2. The maximum Gasteiger partial charge on any atom is 0.267 e. The molecule has 156 valence electrons. The minimum absolute atomic E-state index is 0.0273. The molecule has 1 saturated heterocycles. The average molecular weight is 423 g/mol. The van der Waals surface area contributed by atoms with Gasteiger partial charge in [-0.25, -0.2) is 4.99 Å². The summed E-state index contributed by atoms with van der Waals surface area (Å²) in [6.07, 6.45) is 7.50. The van der Waals surface area contributed by atoms with Gasteiger partial charge in [0.15, 0.2) is 5.17 Å². The topological polar surface area (TPSA) is 51.1 Å². The van der Waals surface area contributed by atoms with Crippen LogP contribution in [-0.4, -0.2) is 36.2 Å². The fourth-order valence-corrected chi connectivity index (χ4v) is 4.97. The SMILES string of the molecule is COc1ccc(/C=C2\SC(=Nc3ccccc3)N(C3CCCCC3)C2=O)c(OC)c1. The summed E-state index contributed by atoms with van der Waals surface area (Å²) in [4.78, 5) is 20.8. The van der Waals surface area contributed by atoms with E-state index in [1.54, 1.807) is 14.2 Å². The lowest BCUT2D eigenvalue weighted by Gasteiger charge is -2.30. The number of thioether (sulfide) groups is 1. The van der Waals surface area contributed by atoms with E-state index in [9.17, 15) is 4.79 Å². The van der Waals surface area contributed by atoms with Gasteiger partial charge in [0, 0.05) is 17.7 Å². The number of para-hydroxylation sites is 1. The molecule has 0 atom stereocenters. The Hall–Kier alpha value is -2.73. The zero-order valence-electron chi connectivity index (χ0n) is 17.3. The monoisotopic (exact) mass is 422 g/mol. The Bertz CT molecular complexity index is 966. The van der Waals surface area contributed by atoms with Gasteiger partial charge in [-0.1, -0.05) is 37.5 Å². The van der Waals surface area contributed by atoms with E-state index >= 15 is 0 Å². The fourth-order valence-electron chi connectivity index (χ4n) is 3.92. The Morgan fingerprint density at radius 1 is 1.03 bits per heavy atom. The number of carbonyl (C=O) groups is 1. The first-order valence-corrected chi connectivity index (χ1v) is 11.1. The maximum atomic E-state index is 13.4. The van der Waals surface area contributed by atoms with Crippen molar-refractivity contribution in [1.82, 2.24) is 4.90 Å². The summed E-state index contributed by atoms with van der Waals surface area (Å²) in [5.74, 6) is 1.42. The Labute approximate surface area is 181 Å². The molecule has 5 nitrogen and oxygen atoms in total. The van der Waals surface area contributed by atoms with Crippen molar-refractivity contribution in [2.45, 2.75) is 38.1 Å². The summed E-state index contributed by atoms with van der Waals surface area (Å²) < 4.78 is 10.8. The second kappa shape index (κ2) is 9.39. The predicted octanol–water partition coefficient (Wildman–Crippen LogP) is 5.64. The van der Waals surface area contributed by atoms with Gasteiger partial charge in [-0.15, -0.1) is 0 Å². The van der Waals surface area contributed by atoms with Crippen LogP contribution in [-0.2, 0) is 4.79 Å². The number of carbonyl (C=O) groups excluding carboxylic acids is 1. The van der Waals surface area contributed by atoms with Crippen molar-refractivity contribution in [2.24, 2.45) is 4.99 Å². The molecule has 30 heavy (non-hydrogen) atoms. The first kappa shape index (κ1) is 20.5. The number of methoxy groups -OCH3 is 2. The Kier molecular flexibility index (Phi) is 6.43. The van der Waals surface area contributed by atoms with Crippen LogP contribution in [0, 0.1) is 0 Å². The highest BCUT2D eigenvalue weighted by molar-refractivity contribution is 8.18. The van der Waals surface area contributed by atoms with E-state index < -0.39 is 0 Å². The highest BCUT2D eigenvalue weighted by atomic mass is 32.2. The molecule has 1 heterocycles. The Morgan fingerprint density at radius 3 is 2.50 bits per heavy atom. The van der Waals surface area contributed by atoms with Crippen molar-refractivity contribution >= 4 is 34.6 Å². The summed E-state index contributed by atoms with van der Waals surface area (Å²) in [5, 5.41) is 0.761. The molecule has 4 rings (SSSR count). The van der Waals surface area contributed by atoms with Crippen LogP contribution in [0.25, 0.3) is 6.08 Å². The van der Waals surface area contributed by atoms with Gasteiger partial charge in [-0.05, 0) is 54.9 Å². The molecule has 0 N–H and O–H groups in total. The van der Waals surface area contributed by atoms with Crippen molar-refractivity contribution in [1.29, 1.82) is 0 Å². The van der Waals surface area contributed by atoms with Crippen LogP contribution in [0.3, 0.4) is 0 Å². The molecule has 0 bridgehead atoms. The van der Waals surface area contributed by atoms with E-state index in [2.05, 4.69) is 0 Å². The summed E-state index contributed by atoms with van der Waals surface area (Å²) in [6.45, 7) is 0. The molecule has 2 aliphatic rings. The van der Waals surface area contributed by atoms with Gasteiger partial charge in [-0.3, -0.25) is 9.69 Å². The molecule has 1 amide bonds. The molecule has 2 aromatic rings. The predicted molar refractivity (Wildman–Crippen MR) is 122 cm³/mol. The third kappa shape index (κ3) is 4.38.